The van der Waals surface area contributed by atoms with Crippen molar-refractivity contribution in [3.8, 4) is 0 Å². The molecule has 0 spiro atoms. The van der Waals surface area contributed by atoms with Gasteiger partial charge in [0.1, 0.15) is 0 Å². The van der Waals surface area contributed by atoms with Gasteiger partial charge in [0.2, 0.25) is 0 Å². The lowest BCUT2D eigenvalue weighted by Gasteiger charge is -2.20. The fourth-order valence-corrected chi connectivity index (χ4v) is 2.18. The van der Waals surface area contributed by atoms with Crippen LogP contribution in [0.25, 0.3) is 0 Å². The molecule has 1 unspecified atom stereocenters. The molecule has 4 heteroatoms. The summed E-state index contributed by atoms with van der Waals surface area (Å²) in [6, 6.07) is 6.44. The summed E-state index contributed by atoms with van der Waals surface area (Å²) in [4.78, 5) is 4.40. The molecule has 1 atom stereocenters. The predicted octanol–water partition coefficient (Wildman–Crippen LogP) is 2.70. The second-order valence-electron chi connectivity index (χ2n) is 4.69. The van der Waals surface area contributed by atoms with E-state index < -0.39 is 0 Å². The molecule has 0 aliphatic rings. The van der Waals surface area contributed by atoms with Crippen LogP contribution in [0.3, 0.4) is 0 Å². The van der Waals surface area contributed by atoms with Crippen LogP contribution in [-0.2, 0) is 6.54 Å². The van der Waals surface area contributed by atoms with Gasteiger partial charge in [-0.3, -0.25) is 9.67 Å². The maximum Gasteiger partial charge on any atom is 0.0763 e. The molecule has 0 aliphatic heterocycles. The zero-order valence-corrected chi connectivity index (χ0v) is 11.9. The van der Waals surface area contributed by atoms with E-state index in [0.29, 0.717) is 0 Å². The Kier molecular flexibility index (Phi) is 4.68. The summed E-state index contributed by atoms with van der Waals surface area (Å²) < 4.78 is 2.03. The summed E-state index contributed by atoms with van der Waals surface area (Å²) >= 11 is 0. The van der Waals surface area contributed by atoms with Crippen LogP contribution in [0.4, 0.5) is 0 Å². The topological polar surface area (TPSA) is 42.7 Å². The minimum absolute atomic E-state index is 0.162. The van der Waals surface area contributed by atoms with Crippen LogP contribution < -0.4 is 5.32 Å². The van der Waals surface area contributed by atoms with Gasteiger partial charge in [-0.15, -0.1) is 0 Å². The van der Waals surface area contributed by atoms with Gasteiger partial charge in [-0.1, -0.05) is 13.0 Å². The first-order valence-electron chi connectivity index (χ1n) is 6.93. The lowest BCUT2D eigenvalue weighted by molar-refractivity contribution is 0.529. The highest BCUT2D eigenvalue weighted by Crippen LogP contribution is 2.21. The molecule has 1 N–H and O–H groups in total. The Hall–Kier alpha value is -1.68. The van der Waals surface area contributed by atoms with Crippen molar-refractivity contribution in [2.75, 3.05) is 6.54 Å². The molecular formula is C15H22N4. The second kappa shape index (κ2) is 6.48. The molecular weight excluding hydrogens is 236 g/mol. The van der Waals surface area contributed by atoms with Crippen LogP contribution in [-0.4, -0.2) is 21.3 Å². The predicted molar refractivity (Wildman–Crippen MR) is 77.0 cm³/mol. The average Bonchev–Trinajstić information content (AvgIpc) is 2.89. The average molecular weight is 258 g/mol. The van der Waals surface area contributed by atoms with Crippen LogP contribution in [0.5, 0.6) is 0 Å². The molecule has 0 saturated heterocycles. The Labute approximate surface area is 114 Å². The monoisotopic (exact) mass is 258 g/mol. The molecule has 2 aromatic heterocycles. The van der Waals surface area contributed by atoms with Crippen molar-refractivity contribution < 1.29 is 0 Å². The van der Waals surface area contributed by atoms with E-state index in [-0.39, 0.29) is 6.04 Å². The fourth-order valence-electron chi connectivity index (χ4n) is 2.18. The van der Waals surface area contributed by atoms with E-state index in [1.165, 1.54) is 11.3 Å². The first-order chi connectivity index (χ1) is 9.26. The van der Waals surface area contributed by atoms with Crippen molar-refractivity contribution in [1.29, 1.82) is 0 Å². The van der Waals surface area contributed by atoms with Crippen molar-refractivity contribution >= 4 is 0 Å². The molecule has 2 heterocycles. The summed E-state index contributed by atoms with van der Waals surface area (Å²) in [6.45, 7) is 8.16. The molecule has 0 bridgehead atoms. The molecule has 2 rings (SSSR count). The summed E-state index contributed by atoms with van der Waals surface area (Å²) in [6.07, 6.45) is 4.92. The van der Waals surface area contributed by atoms with Gasteiger partial charge in [-0.05, 0) is 44.5 Å². The Bertz CT molecular complexity index is 501. The van der Waals surface area contributed by atoms with Gasteiger partial charge < -0.3 is 5.32 Å². The first-order valence-corrected chi connectivity index (χ1v) is 6.93. The van der Waals surface area contributed by atoms with Crippen LogP contribution in [0.1, 0.15) is 43.3 Å². The number of hydrogen-bond donors (Lipinski definition) is 1. The first kappa shape index (κ1) is 13.7. The fraction of sp³-hybridized carbons (Fsp3) is 0.467. The summed E-state index contributed by atoms with van der Waals surface area (Å²) in [5.41, 5.74) is 3.43. The molecule has 4 nitrogen and oxygen atoms in total. The van der Waals surface area contributed by atoms with Gasteiger partial charge in [0.25, 0.3) is 0 Å². The van der Waals surface area contributed by atoms with Crippen molar-refractivity contribution in [3.05, 3.63) is 47.5 Å². The Morgan fingerprint density at radius 1 is 1.26 bits per heavy atom. The third kappa shape index (κ3) is 3.20. The van der Waals surface area contributed by atoms with Crippen molar-refractivity contribution in [1.82, 2.24) is 20.1 Å². The Balaban J connectivity index is 2.32. The highest BCUT2D eigenvalue weighted by Gasteiger charge is 2.17. The highest BCUT2D eigenvalue weighted by molar-refractivity contribution is 5.26. The van der Waals surface area contributed by atoms with Crippen molar-refractivity contribution in [3.63, 3.8) is 0 Å². The normalized spacial score (nSPS) is 12.6. The number of rotatable bonds is 6. The highest BCUT2D eigenvalue weighted by atomic mass is 15.3. The second-order valence-corrected chi connectivity index (χ2v) is 4.69. The van der Waals surface area contributed by atoms with E-state index in [0.717, 1.165) is 25.2 Å². The number of nitrogens with one attached hydrogen (secondary N) is 1. The van der Waals surface area contributed by atoms with E-state index in [4.69, 9.17) is 0 Å². The lowest BCUT2D eigenvalue weighted by Crippen LogP contribution is -2.26. The van der Waals surface area contributed by atoms with E-state index in [9.17, 15) is 0 Å². The Morgan fingerprint density at radius 2 is 2.11 bits per heavy atom. The Morgan fingerprint density at radius 3 is 2.74 bits per heavy atom. The van der Waals surface area contributed by atoms with Crippen LogP contribution in [0, 0.1) is 6.92 Å². The summed E-state index contributed by atoms with van der Waals surface area (Å²) in [7, 11) is 0. The third-order valence-corrected chi connectivity index (χ3v) is 3.21. The lowest BCUT2D eigenvalue weighted by atomic mass is 10.1. The molecule has 19 heavy (non-hydrogen) atoms. The molecule has 102 valence electrons. The minimum atomic E-state index is 0.162. The van der Waals surface area contributed by atoms with Crippen molar-refractivity contribution in [2.24, 2.45) is 0 Å². The SMILES string of the molecule is CCCNC(c1ccc(C)nc1)c1ccnn1CC. The minimum Gasteiger partial charge on any atom is -0.305 e. The molecule has 0 fully saturated rings. The number of pyridine rings is 1. The smallest absolute Gasteiger partial charge is 0.0763 e. The van der Waals surface area contributed by atoms with Crippen LogP contribution in [0.2, 0.25) is 0 Å². The zero-order chi connectivity index (χ0) is 13.7. The van der Waals surface area contributed by atoms with Crippen LogP contribution in [0.15, 0.2) is 30.6 Å². The maximum absolute atomic E-state index is 4.40. The quantitative estimate of drug-likeness (QED) is 0.866. The van der Waals surface area contributed by atoms with E-state index in [1.807, 2.05) is 24.0 Å². The molecule has 0 saturated carbocycles. The van der Waals surface area contributed by atoms with Gasteiger partial charge in [0, 0.05) is 24.6 Å². The summed E-state index contributed by atoms with van der Waals surface area (Å²) in [5.74, 6) is 0. The summed E-state index contributed by atoms with van der Waals surface area (Å²) in [5, 5.41) is 7.94. The standard InChI is InChI=1S/C15H22N4/c1-4-9-16-15(13-7-6-12(3)17-11-13)14-8-10-18-19(14)5-2/h6-8,10-11,15-16H,4-5,9H2,1-3H3. The van der Waals surface area contributed by atoms with E-state index in [1.54, 1.807) is 0 Å². The van der Waals surface area contributed by atoms with Crippen molar-refractivity contribution in [2.45, 2.75) is 39.8 Å². The van der Waals surface area contributed by atoms with Gasteiger partial charge in [0.05, 0.1) is 11.7 Å². The molecule has 0 aromatic carbocycles. The van der Waals surface area contributed by atoms with E-state index in [2.05, 4.69) is 47.4 Å². The molecule has 0 aliphatic carbocycles. The van der Waals surface area contributed by atoms with Gasteiger partial charge in [-0.2, -0.15) is 5.10 Å². The van der Waals surface area contributed by atoms with Crippen LogP contribution >= 0.6 is 0 Å². The molecule has 0 radical (unpaired) electrons. The number of aromatic nitrogens is 3. The van der Waals surface area contributed by atoms with Gasteiger partial charge >= 0.3 is 0 Å². The van der Waals surface area contributed by atoms with Gasteiger partial charge in [0.15, 0.2) is 0 Å². The third-order valence-electron chi connectivity index (χ3n) is 3.21. The number of hydrogen-bond acceptors (Lipinski definition) is 3. The number of aryl methyl sites for hydroxylation is 2. The molecule has 2 aromatic rings. The zero-order valence-electron chi connectivity index (χ0n) is 11.9. The maximum atomic E-state index is 4.40. The largest absolute Gasteiger partial charge is 0.305 e. The molecule has 0 amide bonds. The van der Waals surface area contributed by atoms with E-state index >= 15 is 0 Å². The van der Waals surface area contributed by atoms with Gasteiger partial charge in [-0.25, -0.2) is 0 Å². The number of nitrogens with zero attached hydrogens (tertiary/aromatic N) is 3.